The molecule has 30 heavy (non-hydrogen) atoms. The van der Waals surface area contributed by atoms with E-state index >= 15 is 0 Å². The van der Waals surface area contributed by atoms with Crippen LogP contribution in [0.3, 0.4) is 0 Å². The predicted octanol–water partition coefficient (Wildman–Crippen LogP) is 5.26. The minimum atomic E-state index is -0.0389. The van der Waals surface area contributed by atoms with E-state index in [1.165, 1.54) is 0 Å². The fourth-order valence-electron chi connectivity index (χ4n) is 4.31. The van der Waals surface area contributed by atoms with Crippen molar-refractivity contribution in [3.8, 4) is 0 Å². The summed E-state index contributed by atoms with van der Waals surface area (Å²) >= 11 is 18.7. The van der Waals surface area contributed by atoms with Crippen molar-refractivity contribution in [3.63, 3.8) is 0 Å². The number of ether oxygens (including phenoxy) is 1. The Bertz CT molecular complexity index is 920. The molecule has 3 aliphatic rings. The van der Waals surface area contributed by atoms with Crippen molar-refractivity contribution in [3.05, 3.63) is 51.5 Å². The lowest BCUT2D eigenvalue weighted by Gasteiger charge is -2.35. The van der Waals surface area contributed by atoms with E-state index < -0.39 is 0 Å². The fraction of sp³-hybridized carbons (Fsp3) is 0.455. The van der Waals surface area contributed by atoms with Gasteiger partial charge in [-0.05, 0) is 44.5 Å². The number of benzene rings is 1. The minimum Gasteiger partial charge on any atom is -0.372 e. The van der Waals surface area contributed by atoms with Crippen molar-refractivity contribution in [2.24, 2.45) is 11.0 Å². The zero-order valence-electron chi connectivity index (χ0n) is 16.9. The molecule has 1 aliphatic carbocycles. The van der Waals surface area contributed by atoms with Crippen molar-refractivity contribution >= 4 is 52.1 Å². The number of carbonyl (C=O) groups is 1. The van der Waals surface area contributed by atoms with Crippen LogP contribution in [-0.4, -0.2) is 47.9 Å². The molecule has 0 N–H and O–H groups in total. The number of anilines is 1. The molecule has 1 aromatic carbocycles. The van der Waals surface area contributed by atoms with E-state index in [0.717, 1.165) is 17.1 Å². The maximum absolute atomic E-state index is 13.3. The predicted molar refractivity (Wildman–Crippen MR) is 123 cm³/mol. The largest absolute Gasteiger partial charge is 0.372 e. The minimum absolute atomic E-state index is 0.00543. The van der Waals surface area contributed by atoms with Crippen LogP contribution in [0.1, 0.15) is 26.7 Å². The van der Waals surface area contributed by atoms with Gasteiger partial charge in [-0.15, -0.1) is 0 Å². The van der Waals surface area contributed by atoms with Crippen LogP contribution in [0.25, 0.3) is 0 Å². The second kappa shape index (κ2) is 8.91. The summed E-state index contributed by atoms with van der Waals surface area (Å²) in [5, 5.41) is 8.42. The van der Waals surface area contributed by atoms with Gasteiger partial charge in [-0.1, -0.05) is 47.0 Å². The number of carbonyl (C=O) groups excluding carboxylic acids is 1. The molecule has 8 heteroatoms. The number of morpholine rings is 1. The topological polar surface area (TPSA) is 45.1 Å². The second-order valence-electron chi connectivity index (χ2n) is 8.07. The smallest absolute Gasteiger partial charge is 0.270 e. The first-order valence-electron chi connectivity index (χ1n) is 10.1. The van der Waals surface area contributed by atoms with Gasteiger partial charge in [0, 0.05) is 35.5 Å². The van der Waals surface area contributed by atoms with Gasteiger partial charge >= 0.3 is 0 Å². The number of rotatable bonds is 3. The molecule has 5 nitrogen and oxygen atoms in total. The highest BCUT2D eigenvalue weighted by Gasteiger charge is 2.39. The molecular formula is C22H24Cl3N3O2. The molecule has 160 valence electrons. The van der Waals surface area contributed by atoms with Crippen molar-refractivity contribution in [1.29, 1.82) is 0 Å². The number of hydrazone groups is 1. The highest BCUT2D eigenvalue weighted by Crippen LogP contribution is 2.38. The Morgan fingerprint density at radius 1 is 1.17 bits per heavy atom. The average molecular weight is 469 g/mol. The lowest BCUT2D eigenvalue weighted by molar-refractivity contribution is -0.136. The van der Waals surface area contributed by atoms with Crippen LogP contribution in [0.2, 0.25) is 10.0 Å². The molecule has 2 heterocycles. The summed E-state index contributed by atoms with van der Waals surface area (Å²) in [5.74, 6) is 0.124. The summed E-state index contributed by atoms with van der Waals surface area (Å²) in [4.78, 5) is 15.1. The van der Waals surface area contributed by atoms with Gasteiger partial charge in [0.05, 0.1) is 29.0 Å². The molecule has 0 spiro atoms. The highest BCUT2D eigenvalue weighted by atomic mass is 35.5. The van der Waals surface area contributed by atoms with Crippen molar-refractivity contribution < 1.29 is 9.53 Å². The first-order valence-corrected chi connectivity index (χ1v) is 11.3. The van der Waals surface area contributed by atoms with E-state index in [-0.39, 0.29) is 30.1 Å². The third kappa shape index (κ3) is 4.54. The van der Waals surface area contributed by atoms with E-state index in [9.17, 15) is 4.79 Å². The molecule has 1 amide bonds. The Morgan fingerprint density at radius 3 is 2.53 bits per heavy atom. The molecule has 0 bridgehead atoms. The zero-order chi connectivity index (χ0) is 21.4. The molecular weight excluding hydrogens is 445 g/mol. The number of hydrogen-bond donors (Lipinski definition) is 0. The van der Waals surface area contributed by atoms with Gasteiger partial charge in [0.2, 0.25) is 0 Å². The van der Waals surface area contributed by atoms with Gasteiger partial charge in [-0.25, -0.2) is 0 Å². The van der Waals surface area contributed by atoms with Crippen LogP contribution >= 0.6 is 34.8 Å². The molecule has 2 unspecified atom stereocenters. The second-order valence-corrected chi connectivity index (χ2v) is 9.35. The van der Waals surface area contributed by atoms with Gasteiger partial charge < -0.3 is 9.64 Å². The summed E-state index contributed by atoms with van der Waals surface area (Å²) in [7, 11) is 0. The van der Waals surface area contributed by atoms with E-state index in [1.54, 1.807) is 12.1 Å². The van der Waals surface area contributed by atoms with E-state index in [0.29, 0.717) is 35.3 Å². The lowest BCUT2D eigenvalue weighted by atomic mass is 9.89. The number of hydrogen-bond acceptors (Lipinski definition) is 4. The van der Waals surface area contributed by atoms with Crippen molar-refractivity contribution in [2.45, 2.75) is 44.9 Å². The molecule has 0 radical (unpaired) electrons. The highest BCUT2D eigenvalue weighted by molar-refractivity contribution is 6.40. The third-order valence-electron chi connectivity index (χ3n) is 5.64. The molecule has 4 atom stereocenters. The van der Waals surface area contributed by atoms with E-state index in [1.807, 2.05) is 42.0 Å². The van der Waals surface area contributed by atoms with Gasteiger partial charge in [0.25, 0.3) is 5.91 Å². The molecule has 4 rings (SSSR count). The quantitative estimate of drug-likeness (QED) is 0.607. The normalized spacial score (nSPS) is 29.1. The van der Waals surface area contributed by atoms with Crippen LogP contribution in [0.4, 0.5) is 5.69 Å². The fourth-order valence-corrected chi connectivity index (χ4v) is 4.97. The molecule has 2 aliphatic heterocycles. The molecule has 1 aromatic rings. The SMILES string of the molecule is C[C@@H]1CN(C(=O)C2=NN(c3ccc(Cl)cc3Cl)C(C3C=CC(Cl)=CC3)C2)C[C@H](C)O1. The van der Waals surface area contributed by atoms with E-state index in [4.69, 9.17) is 44.6 Å². The Morgan fingerprint density at radius 2 is 1.90 bits per heavy atom. The molecule has 0 aromatic heterocycles. The van der Waals surface area contributed by atoms with Crippen LogP contribution < -0.4 is 5.01 Å². The summed E-state index contributed by atoms with van der Waals surface area (Å²) < 4.78 is 5.77. The van der Waals surface area contributed by atoms with Crippen molar-refractivity contribution in [2.75, 3.05) is 18.1 Å². The van der Waals surface area contributed by atoms with Crippen molar-refractivity contribution in [1.82, 2.24) is 4.90 Å². The lowest BCUT2D eigenvalue weighted by Crippen LogP contribution is -2.50. The monoisotopic (exact) mass is 467 g/mol. The Hall–Kier alpha value is -1.53. The number of amides is 1. The Balaban J connectivity index is 1.63. The Labute approximate surface area is 191 Å². The van der Waals surface area contributed by atoms with Crippen LogP contribution in [0.15, 0.2) is 46.6 Å². The summed E-state index contributed by atoms with van der Waals surface area (Å²) in [6, 6.07) is 5.30. The van der Waals surface area contributed by atoms with Gasteiger partial charge in [-0.3, -0.25) is 9.80 Å². The number of allylic oxidation sites excluding steroid dienone is 3. The molecule has 1 saturated heterocycles. The summed E-state index contributed by atoms with van der Waals surface area (Å²) in [6.45, 7) is 5.10. The number of halogens is 3. The maximum Gasteiger partial charge on any atom is 0.270 e. The van der Waals surface area contributed by atoms with E-state index in [2.05, 4.69) is 6.08 Å². The molecule has 1 fully saturated rings. The third-order valence-corrected chi connectivity index (χ3v) is 6.46. The maximum atomic E-state index is 13.3. The first-order chi connectivity index (χ1) is 14.3. The summed E-state index contributed by atoms with van der Waals surface area (Å²) in [5.41, 5.74) is 1.29. The van der Waals surface area contributed by atoms with Gasteiger partial charge in [0.15, 0.2) is 0 Å². The standard InChI is InChI=1S/C22H24Cl3N3O2/c1-13-11-27(12-14(2)30-13)22(29)19-10-21(15-3-5-16(23)6-4-15)28(26-19)20-8-7-17(24)9-18(20)25/h3,5-9,13-15,21H,4,10-12H2,1-2H3/t13-,14+,15?,21?. The van der Waals surface area contributed by atoms with Crippen LogP contribution in [0, 0.1) is 5.92 Å². The van der Waals surface area contributed by atoms with Gasteiger partial charge in [0.1, 0.15) is 5.71 Å². The Kier molecular flexibility index (Phi) is 6.44. The zero-order valence-corrected chi connectivity index (χ0v) is 19.2. The van der Waals surface area contributed by atoms with Crippen LogP contribution in [0.5, 0.6) is 0 Å². The number of nitrogens with zero attached hydrogens (tertiary/aromatic N) is 3. The van der Waals surface area contributed by atoms with Gasteiger partial charge in [-0.2, -0.15) is 5.10 Å². The van der Waals surface area contributed by atoms with Crippen LogP contribution in [-0.2, 0) is 9.53 Å². The first kappa shape index (κ1) is 21.7. The average Bonchev–Trinajstić information content (AvgIpc) is 3.12. The summed E-state index contributed by atoms with van der Waals surface area (Å²) in [6.07, 6.45) is 7.33. The molecule has 0 saturated carbocycles.